The summed E-state index contributed by atoms with van der Waals surface area (Å²) in [5.41, 5.74) is 5.13. The fourth-order valence-electron chi connectivity index (χ4n) is 4.57. The smallest absolute Gasteiger partial charge is 0.410 e. The van der Waals surface area contributed by atoms with Crippen molar-refractivity contribution in [3.8, 4) is 23.0 Å². The van der Waals surface area contributed by atoms with Crippen LogP contribution in [-0.4, -0.2) is 46.0 Å². The molecule has 0 aliphatic carbocycles. The van der Waals surface area contributed by atoms with Crippen LogP contribution in [0.15, 0.2) is 60.7 Å². The lowest BCUT2D eigenvalue weighted by Gasteiger charge is -2.35. The Morgan fingerprint density at radius 2 is 1.59 bits per heavy atom. The SMILES string of the molecule is COC(=O)N1CCc2cc(OCc3ccccc3)c(OC)cc2C1/C=C/c1cc(OC)c(OC)cc1C. The standard InChI is InChI=1S/C30H33NO6/c1-20-15-26(33-2)27(34-3)16-22(20)11-12-25-24-18-28(35-4)29(37-19-21-9-7-6-8-10-21)17-23(24)13-14-31(25)30(32)36-5/h6-12,15-18,25H,13-14,19H2,1-5H3/b12-11+. The van der Waals surface area contributed by atoms with Crippen LogP contribution in [0.4, 0.5) is 4.79 Å². The number of hydrogen-bond donors (Lipinski definition) is 0. The van der Waals surface area contributed by atoms with E-state index in [2.05, 4.69) is 0 Å². The van der Waals surface area contributed by atoms with Crippen LogP contribution in [0.1, 0.15) is 33.9 Å². The number of fused-ring (bicyclic) bond motifs is 1. The first-order chi connectivity index (χ1) is 18.0. The summed E-state index contributed by atoms with van der Waals surface area (Å²) in [6.45, 7) is 2.96. The molecule has 0 saturated heterocycles. The number of methoxy groups -OCH3 is 4. The molecule has 1 atom stereocenters. The highest BCUT2D eigenvalue weighted by Gasteiger charge is 2.31. The van der Waals surface area contributed by atoms with Gasteiger partial charge in [-0.3, -0.25) is 4.90 Å². The quantitative estimate of drug-likeness (QED) is 0.377. The monoisotopic (exact) mass is 503 g/mol. The van der Waals surface area contributed by atoms with E-state index in [-0.39, 0.29) is 12.1 Å². The van der Waals surface area contributed by atoms with E-state index in [1.807, 2.05) is 73.7 Å². The first-order valence-electron chi connectivity index (χ1n) is 12.1. The second kappa shape index (κ2) is 11.7. The average molecular weight is 504 g/mol. The minimum atomic E-state index is -0.382. The Hall–Kier alpha value is -4.13. The van der Waals surface area contributed by atoms with Crippen LogP contribution >= 0.6 is 0 Å². The number of benzene rings is 3. The first kappa shape index (κ1) is 25.9. The summed E-state index contributed by atoms with van der Waals surface area (Å²) in [5, 5.41) is 0. The second-order valence-electron chi connectivity index (χ2n) is 8.76. The molecule has 0 N–H and O–H groups in total. The van der Waals surface area contributed by atoms with Gasteiger partial charge in [0.2, 0.25) is 0 Å². The van der Waals surface area contributed by atoms with Crippen molar-refractivity contribution in [3.05, 3.63) is 88.5 Å². The van der Waals surface area contributed by atoms with Crippen molar-refractivity contribution in [2.24, 2.45) is 0 Å². The van der Waals surface area contributed by atoms with Crippen LogP contribution in [-0.2, 0) is 17.8 Å². The highest BCUT2D eigenvalue weighted by atomic mass is 16.5. The molecule has 0 fully saturated rings. The molecule has 0 saturated carbocycles. The van der Waals surface area contributed by atoms with Gasteiger partial charge in [-0.25, -0.2) is 4.79 Å². The number of carbonyl (C=O) groups excluding carboxylic acids is 1. The molecule has 194 valence electrons. The van der Waals surface area contributed by atoms with E-state index in [1.54, 1.807) is 26.2 Å². The third kappa shape index (κ3) is 5.66. The van der Waals surface area contributed by atoms with Crippen molar-refractivity contribution in [2.45, 2.75) is 26.0 Å². The fourth-order valence-corrected chi connectivity index (χ4v) is 4.57. The zero-order chi connectivity index (χ0) is 26.4. The van der Waals surface area contributed by atoms with E-state index in [0.29, 0.717) is 42.6 Å². The van der Waals surface area contributed by atoms with Gasteiger partial charge in [0.1, 0.15) is 6.61 Å². The van der Waals surface area contributed by atoms with Gasteiger partial charge in [0.05, 0.1) is 34.5 Å². The Morgan fingerprint density at radius 3 is 2.27 bits per heavy atom. The van der Waals surface area contributed by atoms with Crippen LogP contribution < -0.4 is 18.9 Å². The zero-order valence-electron chi connectivity index (χ0n) is 21.9. The van der Waals surface area contributed by atoms with E-state index in [0.717, 1.165) is 27.8 Å². The maximum atomic E-state index is 12.7. The normalized spacial score (nSPS) is 14.7. The number of ether oxygens (including phenoxy) is 5. The molecule has 1 aliphatic rings. The van der Waals surface area contributed by atoms with E-state index in [4.69, 9.17) is 23.7 Å². The zero-order valence-corrected chi connectivity index (χ0v) is 21.9. The van der Waals surface area contributed by atoms with E-state index < -0.39 is 0 Å². The second-order valence-corrected chi connectivity index (χ2v) is 8.76. The lowest BCUT2D eigenvalue weighted by atomic mass is 9.91. The summed E-state index contributed by atoms with van der Waals surface area (Å²) in [7, 11) is 6.25. The molecule has 7 heteroatoms. The molecular weight excluding hydrogens is 470 g/mol. The lowest BCUT2D eigenvalue weighted by molar-refractivity contribution is 0.110. The Morgan fingerprint density at radius 1 is 0.919 bits per heavy atom. The van der Waals surface area contributed by atoms with Gasteiger partial charge < -0.3 is 23.7 Å². The predicted octanol–water partition coefficient (Wildman–Crippen LogP) is 5.98. The summed E-state index contributed by atoms with van der Waals surface area (Å²) < 4.78 is 27.8. The highest BCUT2D eigenvalue weighted by Crippen LogP contribution is 2.40. The number of aryl methyl sites for hydroxylation is 1. The molecule has 3 aromatic carbocycles. The van der Waals surface area contributed by atoms with E-state index in [1.165, 1.54) is 7.11 Å². The molecule has 3 aromatic rings. The van der Waals surface area contributed by atoms with Crippen molar-refractivity contribution in [3.63, 3.8) is 0 Å². The average Bonchev–Trinajstić information content (AvgIpc) is 2.94. The molecule has 1 heterocycles. The highest BCUT2D eigenvalue weighted by molar-refractivity contribution is 5.71. The summed E-state index contributed by atoms with van der Waals surface area (Å²) in [6, 6.07) is 17.5. The molecule has 1 unspecified atom stereocenters. The van der Waals surface area contributed by atoms with Crippen LogP contribution in [0.3, 0.4) is 0 Å². The largest absolute Gasteiger partial charge is 0.493 e. The van der Waals surface area contributed by atoms with Crippen LogP contribution in [0.2, 0.25) is 0 Å². The predicted molar refractivity (Wildman–Crippen MR) is 143 cm³/mol. The Balaban J connectivity index is 1.70. The van der Waals surface area contributed by atoms with Crippen LogP contribution in [0.25, 0.3) is 6.08 Å². The van der Waals surface area contributed by atoms with Gasteiger partial charge in [-0.2, -0.15) is 0 Å². The summed E-state index contributed by atoms with van der Waals surface area (Å²) >= 11 is 0. The molecule has 4 rings (SSSR count). The van der Waals surface area contributed by atoms with Gasteiger partial charge in [-0.1, -0.05) is 42.5 Å². The molecule has 1 aliphatic heterocycles. The van der Waals surface area contributed by atoms with Gasteiger partial charge in [0.15, 0.2) is 23.0 Å². The number of rotatable bonds is 8. The summed E-state index contributed by atoms with van der Waals surface area (Å²) in [4.78, 5) is 14.4. The summed E-state index contributed by atoms with van der Waals surface area (Å²) in [6.07, 6.45) is 4.30. The van der Waals surface area contributed by atoms with Crippen LogP contribution in [0.5, 0.6) is 23.0 Å². The Bertz CT molecular complexity index is 1270. The number of nitrogens with zero attached hydrogens (tertiary/aromatic N) is 1. The molecular formula is C30H33NO6. The van der Waals surface area contributed by atoms with Gasteiger partial charge >= 0.3 is 6.09 Å². The molecule has 0 spiro atoms. The molecule has 0 aromatic heterocycles. The Kier molecular flexibility index (Phi) is 8.23. The maximum absolute atomic E-state index is 12.7. The van der Waals surface area contributed by atoms with Crippen molar-refractivity contribution in [2.75, 3.05) is 35.0 Å². The lowest BCUT2D eigenvalue weighted by Crippen LogP contribution is -2.39. The van der Waals surface area contributed by atoms with Gasteiger partial charge in [0, 0.05) is 6.54 Å². The third-order valence-corrected chi connectivity index (χ3v) is 6.58. The maximum Gasteiger partial charge on any atom is 0.410 e. The van der Waals surface area contributed by atoms with Crippen molar-refractivity contribution in [1.29, 1.82) is 0 Å². The van der Waals surface area contributed by atoms with Gasteiger partial charge in [0.25, 0.3) is 0 Å². The minimum Gasteiger partial charge on any atom is -0.493 e. The minimum absolute atomic E-state index is 0.347. The molecule has 7 nitrogen and oxygen atoms in total. The molecule has 0 radical (unpaired) electrons. The molecule has 1 amide bonds. The summed E-state index contributed by atoms with van der Waals surface area (Å²) in [5.74, 6) is 2.60. The Labute approximate surface area is 218 Å². The molecule has 37 heavy (non-hydrogen) atoms. The third-order valence-electron chi connectivity index (χ3n) is 6.58. The van der Waals surface area contributed by atoms with Crippen molar-refractivity contribution >= 4 is 12.2 Å². The van der Waals surface area contributed by atoms with Crippen molar-refractivity contribution < 1.29 is 28.5 Å². The van der Waals surface area contributed by atoms with E-state index in [9.17, 15) is 4.79 Å². The van der Waals surface area contributed by atoms with Crippen molar-refractivity contribution in [1.82, 2.24) is 4.90 Å². The van der Waals surface area contributed by atoms with Gasteiger partial charge in [-0.05, 0) is 65.4 Å². The number of amides is 1. The number of carbonyl (C=O) groups is 1. The van der Waals surface area contributed by atoms with Crippen LogP contribution in [0, 0.1) is 6.92 Å². The van der Waals surface area contributed by atoms with Gasteiger partial charge in [-0.15, -0.1) is 0 Å². The van der Waals surface area contributed by atoms with E-state index >= 15 is 0 Å². The first-order valence-corrected chi connectivity index (χ1v) is 12.1. The number of hydrogen-bond acceptors (Lipinski definition) is 6. The fraction of sp³-hybridized carbons (Fsp3) is 0.300. The topological polar surface area (TPSA) is 66.5 Å². The molecule has 0 bridgehead atoms.